The molecule has 0 aliphatic carbocycles. The molecule has 0 fully saturated rings. The fourth-order valence-corrected chi connectivity index (χ4v) is 2.83. The SMILES string of the molecule is COc1c(Cl)cc(C(F)(F)F)cc1CNc1ccc(C(=O)OC(C)(C)C)c(O)c1. The van der Waals surface area contributed by atoms with Crippen LogP contribution in [0.25, 0.3) is 0 Å². The molecule has 0 amide bonds. The summed E-state index contributed by atoms with van der Waals surface area (Å²) in [6, 6.07) is 5.88. The third kappa shape index (κ3) is 5.93. The van der Waals surface area contributed by atoms with E-state index in [9.17, 15) is 23.1 Å². The number of halogens is 4. The highest BCUT2D eigenvalue weighted by Crippen LogP contribution is 2.38. The van der Waals surface area contributed by atoms with E-state index in [4.69, 9.17) is 21.1 Å². The van der Waals surface area contributed by atoms with Gasteiger partial charge in [-0.25, -0.2) is 4.79 Å². The Labute approximate surface area is 171 Å². The monoisotopic (exact) mass is 431 g/mol. The van der Waals surface area contributed by atoms with Crippen molar-refractivity contribution in [1.82, 2.24) is 0 Å². The van der Waals surface area contributed by atoms with Gasteiger partial charge in [0.25, 0.3) is 0 Å². The number of esters is 1. The van der Waals surface area contributed by atoms with E-state index in [0.717, 1.165) is 12.1 Å². The van der Waals surface area contributed by atoms with Crippen molar-refractivity contribution in [2.24, 2.45) is 0 Å². The highest BCUT2D eigenvalue weighted by molar-refractivity contribution is 6.32. The summed E-state index contributed by atoms with van der Waals surface area (Å²) in [4.78, 5) is 12.1. The molecule has 0 aliphatic heterocycles. The van der Waals surface area contributed by atoms with Crippen LogP contribution in [0.5, 0.6) is 11.5 Å². The number of methoxy groups -OCH3 is 1. The first-order valence-corrected chi connectivity index (χ1v) is 8.93. The first-order valence-electron chi connectivity index (χ1n) is 8.55. The van der Waals surface area contributed by atoms with Crippen molar-refractivity contribution in [2.75, 3.05) is 12.4 Å². The molecule has 2 rings (SSSR count). The number of phenols is 1. The van der Waals surface area contributed by atoms with Gasteiger partial charge in [-0.05, 0) is 45.0 Å². The molecule has 9 heteroatoms. The van der Waals surface area contributed by atoms with Gasteiger partial charge in [0.2, 0.25) is 0 Å². The van der Waals surface area contributed by atoms with Gasteiger partial charge in [0.15, 0.2) is 0 Å². The van der Waals surface area contributed by atoms with Crippen molar-refractivity contribution in [2.45, 2.75) is 39.1 Å². The Morgan fingerprint density at radius 2 is 1.83 bits per heavy atom. The fraction of sp³-hybridized carbons (Fsp3) is 0.350. The number of alkyl halides is 3. The van der Waals surface area contributed by atoms with Crippen molar-refractivity contribution in [3.05, 3.63) is 52.0 Å². The van der Waals surface area contributed by atoms with Crippen LogP contribution in [0.15, 0.2) is 30.3 Å². The van der Waals surface area contributed by atoms with E-state index in [1.54, 1.807) is 20.8 Å². The number of ether oxygens (including phenoxy) is 2. The largest absolute Gasteiger partial charge is 0.507 e. The van der Waals surface area contributed by atoms with Crippen LogP contribution in [0.2, 0.25) is 5.02 Å². The van der Waals surface area contributed by atoms with E-state index < -0.39 is 23.3 Å². The highest BCUT2D eigenvalue weighted by Gasteiger charge is 2.32. The molecule has 0 heterocycles. The van der Waals surface area contributed by atoms with E-state index in [-0.39, 0.29) is 34.2 Å². The zero-order valence-corrected chi connectivity index (χ0v) is 17.0. The van der Waals surface area contributed by atoms with Crippen LogP contribution < -0.4 is 10.1 Å². The minimum atomic E-state index is -4.56. The summed E-state index contributed by atoms with van der Waals surface area (Å²) in [5.41, 5.74) is -1.08. The number of nitrogens with one attached hydrogen (secondary N) is 1. The van der Waals surface area contributed by atoms with Crippen LogP contribution in [-0.2, 0) is 17.5 Å². The average Bonchev–Trinajstić information content (AvgIpc) is 2.57. The number of carbonyl (C=O) groups excluding carboxylic acids is 1. The molecule has 2 N–H and O–H groups in total. The summed E-state index contributed by atoms with van der Waals surface area (Å²) >= 11 is 5.91. The van der Waals surface area contributed by atoms with Crippen molar-refractivity contribution in [1.29, 1.82) is 0 Å². The van der Waals surface area contributed by atoms with Gasteiger partial charge in [-0.15, -0.1) is 0 Å². The van der Waals surface area contributed by atoms with E-state index in [1.807, 2.05) is 0 Å². The predicted molar refractivity (Wildman–Crippen MR) is 104 cm³/mol. The Morgan fingerprint density at radius 1 is 1.17 bits per heavy atom. The van der Waals surface area contributed by atoms with Gasteiger partial charge < -0.3 is 19.9 Å². The number of anilines is 1. The van der Waals surface area contributed by atoms with Crippen molar-refractivity contribution >= 4 is 23.3 Å². The molecule has 0 aliphatic rings. The van der Waals surface area contributed by atoms with Gasteiger partial charge in [-0.2, -0.15) is 13.2 Å². The van der Waals surface area contributed by atoms with Gasteiger partial charge in [0, 0.05) is 23.9 Å². The van der Waals surface area contributed by atoms with Crippen LogP contribution in [-0.4, -0.2) is 23.8 Å². The van der Waals surface area contributed by atoms with Crippen molar-refractivity contribution in [3.8, 4) is 11.5 Å². The molecule has 0 saturated heterocycles. The molecule has 0 bridgehead atoms. The Balaban J connectivity index is 2.23. The topological polar surface area (TPSA) is 67.8 Å². The molecule has 158 valence electrons. The van der Waals surface area contributed by atoms with E-state index in [0.29, 0.717) is 5.69 Å². The zero-order chi connectivity index (χ0) is 22.0. The molecule has 5 nitrogen and oxygen atoms in total. The van der Waals surface area contributed by atoms with Crippen LogP contribution in [0.1, 0.15) is 42.3 Å². The summed E-state index contributed by atoms with van der Waals surface area (Å²) in [5.74, 6) is -0.895. The number of benzene rings is 2. The molecular weight excluding hydrogens is 411 g/mol. The van der Waals surface area contributed by atoms with E-state index in [2.05, 4.69) is 5.32 Å². The highest BCUT2D eigenvalue weighted by atomic mass is 35.5. The van der Waals surface area contributed by atoms with Gasteiger partial charge in [-0.1, -0.05) is 11.6 Å². The van der Waals surface area contributed by atoms with Crippen molar-refractivity contribution in [3.63, 3.8) is 0 Å². The molecule has 0 radical (unpaired) electrons. The lowest BCUT2D eigenvalue weighted by atomic mass is 10.1. The maximum atomic E-state index is 13.0. The number of carbonyl (C=O) groups is 1. The number of aromatic hydroxyl groups is 1. The Bertz CT molecular complexity index is 908. The summed E-state index contributed by atoms with van der Waals surface area (Å²) in [7, 11) is 1.30. The summed E-state index contributed by atoms with van der Waals surface area (Å²) in [5, 5.41) is 12.8. The lowest BCUT2D eigenvalue weighted by Crippen LogP contribution is -2.23. The minimum absolute atomic E-state index is 0.0230. The van der Waals surface area contributed by atoms with Gasteiger partial charge >= 0.3 is 12.1 Å². The van der Waals surface area contributed by atoms with E-state index in [1.165, 1.54) is 25.3 Å². The molecular formula is C20H21ClF3NO4. The lowest BCUT2D eigenvalue weighted by molar-refractivity contribution is -0.137. The smallest absolute Gasteiger partial charge is 0.416 e. The second kappa shape index (κ2) is 8.41. The Morgan fingerprint density at radius 3 is 2.34 bits per heavy atom. The maximum Gasteiger partial charge on any atom is 0.416 e. The standard InChI is InChI=1S/C20H21ClF3NO4/c1-19(2,3)29-18(27)14-6-5-13(9-16(14)26)25-10-11-7-12(20(22,23)24)8-15(21)17(11)28-4/h5-9,25-26H,10H2,1-4H3. The fourth-order valence-electron chi connectivity index (χ4n) is 2.52. The molecule has 0 saturated carbocycles. The number of rotatable bonds is 5. The van der Waals surface area contributed by atoms with Crippen LogP contribution in [0.4, 0.5) is 18.9 Å². The summed E-state index contributed by atoms with van der Waals surface area (Å²) < 4.78 is 49.4. The van der Waals surface area contributed by atoms with Gasteiger partial charge in [-0.3, -0.25) is 0 Å². The first kappa shape index (κ1) is 22.7. The lowest BCUT2D eigenvalue weighted by Gasteiger charge is -2.20. The average molecular weight is 432 g/mol. The second-order valence-corrected chi connectivity index (χ2v) is 7.64. The molecule has 0 unspecified atom stereocenters. The molecule has 2 aromatic carbocycles. The molecule has 0 spiro atoms. The van der Waals surface area contributed by atoms with Crippen LogP contribution in [0.3, 0.4) is 0 Å². The van der Waals surface area contributed by atoms with Gasteiger partial charge in [0.05, 0.1) is 17.7 Å². The number of hydrogen-bond acceptors (Lipinski definition) is 5. The quantitative estimate of drug-likeness (QED) is 0.599. The maximum absolute atomic E-state index is 13.0. The Kier molecular flexibility index (Phi) is 6.57. The van der Waals surface area contributed by atoms with E-state index >= 15 is 0 Å². The molecule has 0 aromatic heterocycles. The van der Waals surface area contributed by atoms with Gasteiger partial charge in [0.1, 0.15) is 22.7 Å². The summed E-state index contributed by atoms with van der Waals surface area (Å²) in [6.45, 7) is 5.04. The predicted octanol–water partition coefficient (Wildman–Crippen LogP) is 5.64. The molecule has 29 heavy (non-hydrogen) atoms. The van der Waals surface area contributed by atoms with Crippen LogP contribution in [0, 0.1) is 0 Å². The zero-order valence-electron chi connectivity index (χ0n) is 16.3. The Hall–Kier alpha value is -2.61. The first-order chi connectivity index (χ1) is 13.3. The third-order valence-electron chi connectivity index (χ3n) is 3.75. The normalized spacial score (nSPS) is 11.9. The van der Waals surface area contributed by atoms with Crippen LogP contribution >= 0.6 is 11.6 Å². The van der Waals surface area contributed by atoms with Crippen molar-refractivity contribution < 1.29 is 32.5 Å². The summed E-state index contributed by atoms with van der Waals surface area (Å²) in [6.07, 6.45) is -4.56. The minimum Gasteiger partial charge on any atom is -0.507 e. The number of phenolic OH excluding ortho intramolecular Hbond substituents is 1. The number of hydrogen-bond donors (Lipinski definition) is 2. The second-order valence-electron chi connectivity index (χ2n) is 7.24. The third-order valence-corrected chi connectivity index (χ3v) is 4.03. The molecule has 2 aromatic rings. The molecule has 0 atom stereocenters.